The van der Waals surface area contributed by atoms with Gasteiger partial charge in [-0.15, -0.1) is 0 Å². The third kappa shape index (κ3) is 12.5. The van der Waals surface area contributed by atoms with Crippen molar-refractivity contribution in [1.29, 1.82) is 0 Å². The van der Waals surface area contributed by atoms with Crippen LogP contribution in [-0.2, 0) is 29.2 Å². The van der Waals surface area contributed by atoms with E-state index in [1.54, 1.807) is 12.1 Å². The highest BCUT2D eigenvalue weighted by atomic mass is 35.7. The lowest BCUT2D eigenvalue weighted by Gasteiger charge is -2.33. The molecule has 0 saturated carbocycles. The van der Waals surface area contributed by atoms with Gasteiger partial charge in [-0.3, -0.25) is 4.72 Å². The van der Waals surface area contributed by atoms with Gasteiger partial charge in [0, 0.05) is 17.3 Å². The standard InChI is InChI=1S/C32H50ClNO7S2/c1-8-10-11-12-13-14-19-40-28-17-15-25(32(6,7)24-31(3,4)5)22-30(28)43(37,38)34-26-16-18-27(41-21-20-39-9-2)29(23-26)42(33,35)36/h15-18,22-23,34H,8-14,19-21,24H2,1-7H3. The Morgan fingerprint density at radius 1 is 0.744 bits per heavy atom. The molecular formula is C32H50ClNO7S2. The average Bonchev–Trinajstić information content (AvgIpc) is 2.89. The smallest absolute Gasteiger partial charge is 0.265 e. The maximum atomic E-state index is 13.9. The molecule has 0 aromatic heterocycles. The number of unbranched alkanes of at least 4 members (excludes halogenated alkanes) is 5. The van der Waals surface area contributed by atoms with E-state index in [-0.39, 0.29) is 51.0 Å². The molecule has 244 valence electrons. The lowest BCUT2D eigenvalue weighted by molar-refractivity contribution is 0.109. The summed E-state index contributed by atoms with van der Waals surface area (Å²) < 4.78 is 71.8. The van der Waals surface area contributed by atoms with E-state index in [4.69, 9.17) is 24.9 Å². The topological polar surface area (TPSA) is 108 Å². The number of ether oxygens (including phenoxy) is 3. The highest BCUT2D eigenvalue weighted by Crippen LogP contribution is 2.39. The maximum absolute atomic E-state index is 13.9. The minimum Gasteiger partial charge on any atom is -0.492 e. The molecule has 0 amide bonds. The summed E-state index contributed by atoms with van der Waals surface area (Å²) in [6.45, 7) is 15.9. The second-order valence-electron chi connectivity index (χ2n) is 12.6. The van der Waals surface area contributed by atoms with Crippen LogP contribution >= 0.6 is 10.7 Å². The van der Waals surface area contributed by atoms with Gasteiger partial charge >= 0.3 is 0 Å². The Morgan fingerprint density at radius 2 is 1.35 bits per heavy atom. The zero-order valence-corrected chi connectivity index (χ0v) is 29.2. The first kappa shape index (κ1) is 37.2. The van der Waals surface area contributed by atoms with Crippen LogP contribution < -0.4 is 14.2 Å². The Kier molecular flexibility index (Phi) is 14.1. The third-order valence-electron chi connectivity index (χ3n) is 6.89. The number of sulfonamides is 1. The number of hydrogen-bond donors (Lipinski definition) is 1. The van der Waals surface area contributed by atoms with Crippen LogP contribution in [0.3, 0.4) is 0 Å². The van der Waals surface area contributed by atoms with Crippen LogP contribution in [0.1, 0.15) is 99.0 Å². The summed E-state index contributed by atoms with van der Waals surface area (Å²) in [5.41, 5.74) is 0.582. The second-order valence-corrected chi connectivity index (χ2v) is 16.8. The summed E-state index contributed by atoms with van der Waals surface area (Å²) in [4.78, 5) is -0.351. The summed E-state index contributed by atoms with van der Waals surface area (Å²) in [6, 6.07) is 9.26. The molecule has 0 unspecified atom stereocenters. The molecule has 0 fully saturated rings. The van der Waals surface area contributed by atoms with Gasteiger partial charge in [-0.25, -0.2) is 16.8 Å². The summed E-state index contributed by atoms with van der Waals surface area (Å²) in [5.74, 6) is 0.254. The lowest BCUT2D eigenvalue weighted by atomic mass is 9.72. The second kappa shape index (κ2) is 16.3. The Labute approximate surface area is 264 Å². The van der Waals surface area contributed by atoms with Gasteiger partial charge in [0.25, 0.3) is 19.1 Å². The number of anilines is 1. The van der Waals surface area contributed by atoms with Gasteiger partial charge in [-0.1, -0.05) is 79.7 Å². The predicted octanol–water partition coefficient (Wildman–Crippen LogP) is 8.28. The van der Waals surface area contributed by atoms with Crippen molar-refractivity contribution in [3.63, 3.8) is 0 Å². The quantitative estimate of drug-likeness (QED) is 0.119. The van der Waals surface area contributed by atoms with Crippen LogP contribution in [0.15, 0.2) is 46.2 Å². The molecule has 8 nitrogen and oxygen atoms in total. The molecule has 0 spiro atoms. The molecule has 0 saturated heterocycles. The van der Waals surface area contributed by atoms with E-state index in [2.05, 4.69) is 46.3 Å². The van der Waals surface area contributed by atoms with Crippen LogP contribution in [0.4, 0.5) is 5.69 Å². The van der Waals surface area contributed by atoms with Crippen LogP contribution in [0.2, 0.25) is 0 Å². The van der Waals surface area contributed by atoms with Crippen molar-refractivity contribution < 1.29 is 31.0 Å². The van der Waals surface area contributed by atoms with Crippen LogP contribution in [-0.4, -0.2) is 43.3 Å². The Bertz CT molecular complexity index is 1380. The fraction of sp³-hybridized carbons (Fsp3) is 0.625. The molecule has 0 atom stereocenters. The van der Waals surface area contributed by atoms with Gasteiger partial charge in [0.05, 0.1) is 18.9 Å². The van der Waals surface area contributed by atoms with E-state index in [1.807, 2.05) is 13.0 Å². The molecule has 0 aliphatic heterocycles. The number of rotatable bonds is 19. The van der Waals surface area contributed by atoms with Crippen molar-refractivity contribution >= 4 is 35.4 Å². The largest absolute Gasteiger partial charge is 0.492 e. The number of benzene rings is 2. The highest BCUT2D eigenvalue weighted by molar-refractivity contribution is 8.13. The average molecular weight is 660 g/mol. The van der Waals surface area contributed by atoms with Crippen molar-refractivity contribution in [1.82, 2.24) is 0 Å². The maximum Gasteiger partial charge on any atom is 0.265 e. The molecule has 2 aromatic carbocycles. The van der Waals surface area contributed by atoms with Crippen LogP contribution in [0.25, 0.3) is 0 Å². The molecule has 2 rings (SSSR count). The molecule has 0 bridgehead atoms. The van der Waals surface area contributed by atoms with E-state index in [0.717, 1.165) is 37.3 Å². The number of halogens is 1. The fourth-order valence-corrected chi connectivity index (χ4v) is 7.41. The highest BCUT2D eigenvalue weighted by Gasteiger charge is 2.30. The number of hydrogen-bond acceptors (Lipinski definition) is 7. The first-order valence-corrected chi connectivity index (χ1v) is 18.9. The minimum absolute atomic E-state index is 0.00605. The van der Waals surface area contributed by atoms with E-state index in [9.17, 15) is 16.8 Å². The van der Waals surface area contributed by atoms with E-state index in [0.29, 0.717) is 13.2 Å². The molecular weight excluding hydrogens is 610 g/mol. The van der Waals surface area contributed by atoms with Gasteiger partial charge in [0.1, 0.15) is 27.9 Å². The van der Waals surface area contributed by atoms with E-state index < -0.39 is 19.1 Å². The monoisotopic (exact) mass is 659 g/mol. The fourth-order valence-electron chi connectivity index (χ4n) is 5.20. The molecule has 0 radical (unpaired) electrons. The Balaban J connectivity index is 2.43. The van der Waals surface area contributed by atoms with Crippen LogP contribution in [0.5, 0.6) is 11.5 Å². The molecule has 1 N–H and O–H groups in total. The Hall–Kier alpha value is -2.01. The molecule has 0 aliphatic carbocycles. The van der Waals surface area contributed by atoms with Gasteiger partial charge in [0.2, 0.25) is 0 Å². The van der Waals surface area contributed by atoms with Gasteiger partial charge in [-0.2, -0.15) is 0 Å². The summed E-state index contributed by atoms with van der Waals surface area (Å²) in [5, 5.41) is 0. The van der Waals surface area contributed by atoms with Crippen molar-refractivity contribution in [2.24, 2.45) is 5.41 Å². The summed E-state index contributed by atoms with van der Waals surface area (Å²) in [7, 11) is -2.76. The summed E-state index contributed by atoms with van der Waals surface area (Å²) in [6.07, 6.45) is 7.31. The molecule has 0 heterocycles. The predicted molar refractivity (Wildman–Crippen MR) is 175 cm³/mol. The summed E-state index contributed by atoms with van der Waals surface area (Å²) >= 11 is 0. The van der Waals surface area contributed by atoms with Crippen molar-refractivity contribution in [3.8, 4) is 11.5 Å². The van der Waals surface area contributed by atoms with Crippen molar-refractivity contribution in [2.75, 3.05) is 31.1 Å². The van der Waals surface area contributed by atoms with Crippen molar-refractivity contribution in [3.05, 3.63) is 42.0 Å². The lowest BCUT2D eigenvalue weighted by Crippen LogP contribution is -2.25. The molecule has 2 aromatic rings. The molecule has 43 heavy (non-hydrogen) atoms. The number of nitrogens with one attached hydrogen (secondary N) is 1. The van der Waals surface area contributed by atoms with Gasteiger partial charge in [-0.05, 0) is 66.5 Å². The molecule has 11 heteroatoms. The van der Waals surface area contributed by atoms with Crippen LogP contribution in [0, 0.1) is 5.41 Å². The first-order valence-electron chi connectivity index (χ1n) is 15.1. The normalized spacial score (nSPS) is 12.7. The zero-order chi connectivity index (χ0) is 32.3. The van der Waals surface area contributed by atoms with Gasteiger partial charge in [0.15, 0.2) is 0 Å². The Morgan fingerprint density at radius 3 is 1.98 bits per heavy atom. The minimum atomic E-state index is -4.25. The van der Waals surface area contributed by atoms with E-state index in [1.165, 1.54) is 31.4 Å². The van der Waals surface area contributed by atoms with Crippen molar-refractivity contribution in [2.45, 2.75) is 109 Å². The van der Waals surface area contributed by atoms with Gasteiger partial charge < -0.3 is 14.2 Å². The molecule has 0 aliphatic rings. The van der Waals surface area contributed by atoms with E-state index >= 15 is 0 Å². The SMILES string of the molecule is CCCCCCCCOc1ccc(C(C)(C)CC(C)(C)C)cc1S(=O)(=O)Nc1ccc(OCCOCC)c(S(=O)(=O)Cl)c1. The zero-order valence-electron chi connectivity index (χ0n) is 26.8. The third-order valence-corrected chi connectivity index (χ3v) is 9.64. The first-order chi connectivity index (χ1) is 20.0.